The van der Waals surface area contributed by atoms with E-state index in [0.29, 0.717) is 10.6 Å². The molecule has 5 nitrogen and oxygen atoms in total. The smallest absolute Gasteiger partial charge is 0.383 e. The lowest BCUT2D eigenvalue weighted by atomic mass is 9.83. The van der Waals surface area contributed by atoms with Crippen molar-refractivity contribution in [1.29, 1.82) is 0 Å². The number of amides is 1. The first-order valence-electron chi connectivity index (χ1n) is 10.5. The minimum atomic E-state index is -4.86. The van der Waals surface area contributed by atoms with Gasteiger partial charge in [0.05, 0.1) is 6.04 Å². The van der Waals surface area contributed by atoms with Crippen LogP contribution < -0.4 is 11.1 Å². The molecular formula is C24H28ClF3N2O3. The van der Waals surface area contributed by atoms with E-state index in [9.17, 15) is 27.9 Å². The van der Waals surface area contributed by atoms with Crippen molar-refractivity contribution in [2.24, 2.45) is 17.6 Å². The molecule has 2 rings (SSSR count). The average molecular weight is 485 g/mol. The molecule has 4 atom stereocenters. The van der Waals surface area contributed by atoms with Crippen LogP contribution in [0.15, 0.2) is 54.6 Å². The lowest BCUT2D eigenvalue weighted by molar-refractivity contribution is -0.224. The number of hydrogen-bond acceptors (Lipinski definition) is 4. The molecule has 0 saturated heterocycles. The normalized spacial score (nSPS) is 15.5. The predicted octanol–water partition coefficient (Wildman–Crippen LogP) is 4.22. The third kappa shape index (κ3) is 7.84. The molecule has 0 fully saturated rings. The summed E-state index contributed by atoms with van der Waals surface area (Å²) in [5, 5.41) is 12.8. The topological polar surface area (TPSA) is 92.4 Å². The Morgan fingerprint density at radius 1 is 1.09 bits per heavy atom. The number of rotatable bonds is 10. The van der Waals surface area contributed by atoms with E-state index in [2.05, 4.69) is 5.32 Å². The lowest BCUT2D eigenvalue weighted by Crippen LogP contribution is -2.46. The Bertz CT molecular complexity index is 938. The van der Waals surface area contributed by atoms with Gasteiger partial charge >= 0.3 is 6.18 Å². The van der Waals surface area contributed by atoms with Crippen LogP contribution in [0.3, 0.4) is 0 Å². The van der Waals surface area contributed by atoms with Gasteiger partial charge in [0.2, 0.25) is 5.91 Å². The highest BCUT2D eigenvalue weighted by atomic mass is 35.5. The summed E-state index contributed by atoms with van der Waals surface area (Å²) in [4.78, 5) is 25.9. The molecule has 2 aromatic carbocycles. The molecule has 0 aliphatic rings. The summed E-state index contributed by atoms with van der Waals surface area (Å²) in [7, 11) is 0. The number of nitrogens with one attached hydrogen (secondary N) is 1. The van der Waals surface area contributed by atoms with Crippen molar-refractivity contribution in [2.45, 2.75) is 51.1 Å². The van der Waals surface area contributed by atoms with Crippen molar-refractivity contribution < 1.29 is 27.9 Å². The molecule has 0 aromatic heterocycles. The number of benzene rings is 2. The Labute approximate surface area is 196 Å². The van der Waals surface area contributed by atoms with Gasteiger partial charge < -0.3 is 16.2 Å². The molecule has 0 heterocycles. The third-order valence-electron chi connectivity index (χ3n) is 5.46. The second kappa shape index (κ2) is 11.6. The van der Waals surface area contributed by atoms with Crippen molar-refractivity contribution in [1.82, 2.24) is 5.32 Å². The summed E-state index contributed by atoms with van der Waals surface area (Å²) in [6.45, 7) is 3.01. The number of nitrogens with two attached hydrogens (primary N) is 1. The van der Waals surface area contributed by atoms with Crippen LogP contribution in [0.4, 0.5) is 13.2 Å². The molecule has 0 spiro atoms. The van der Waals surface area contributed by atoms with Crippen LogP contribution in [0.2, 0.25) is 5.02 Å². The zero-order valence-corrected chi connectivity index (χ0v) is 19.1. The van der Waals surface area contributed by atoms with Gasteiger partial charge in [-0.2, -0.15) is 13.2 Å². The number of Topliss-reactive ketones (excluding diaryl/α,β-unsaturated/α-hetero) is 1. The summed E-state index contributed by atoms with van der Waals surface area (Å²) >= 11 is 5.96. The van der Waals surface area contributed by atoms with Crippen molar-refractivity contribution in [3.63, 3.8) is 0 Å². The van der Waals surface area contributed by atoms with Crippen molar-refractivity contribution in [2.75, 3.05) is 0 Å². The Kier molecular flexibility index (Phi) is 9.46. The highest BCUT2D eigenvalue weighted by molar-refractivity contribution is 6.30. The molecule has 0 bridgehead atoms. The van der Waals surface area contributed by atoms with Crippen molar-refractivity contribution in [3.05, 3.63) is 70.7 Å². The highest BCUT2D eigenvalue weighted by Gasteiger charge is 2.45. The number of halogens is 4. The fourth-order valence-electron chi connectivity index (χ4n) is 3.56. The van der Waals surface area contributed by atoms with Crippen LogP contribution in [0.25, 0.3) is 0 Å². The number of aliphatic hydroxyl groups excluding tert-OH is 1. The van der Waals surface area contributed by atoms with E-state index in [0.717, 1.165) is 5.56 Å². The van der Waals surface area contributed by atoms with Crippen LogP contribution >= 0.6 is 11.6 Å². The molecule has 4 N–H and O–H groups in total. The number of hydrogen-bond donors (Lipinski definition) is 3. The molecule has 33 heavy (non-hydrogen) atoms. The second-order valence-corrected chi connectivity index (χ2v) is 8.79. The quantitative estimate of drug-likeness (QED) is 0.470. The Balaban J connectivity index is 2.22. The molecule has 0 saturated carbocycles. The van der Waals surface area contributed by atoms with Gasteiger partial charge in [-0.3, -0.25) is 9.59 Å². The van der Waals surface area contributed by atoms with Crippen LogP contribution in [0, 0.1) is 11.8 Å². The predicted molar refractivity (Wildman–Crippen MR) is 120 cm³/mol. The number of aliphatic hydroxyl groups is 1. The van der Waals surface area contributed by atoms with Crippen LogP contribution in [0.5, 0.6) is 0 Å². The largest absolute Gasteiger partial charge is 0.414 e. The van der Waals surface area contributed by atoms with E-state index in [1.165, 1.54) is 13.8 Å². The number of alkyl halides is 3. The van der Waals surface area contributed by atoms with E-state index < -0.39 is 54.3 Å². The minimum absolute atomic E-state index is 0.156. The second-order valence-electron chi connectivity index (χ2n) is 8.36. The van der Waals surface area contributed by atoms with Gasteiger partial charge in [-0.05, 0) is 35.6 Å². The fourth-order valence-corrected chi connectivity index (χ4v) is 3.77. The maximum absolute atomic E-state index is 13.1. The Morgan fingerprint density at radius 2 is 1.73 bits per heavy atom. The molecule has 0 radical (unpaired) electrons. The molecule has 9 heteroatoms. The summed E-state index contributed by atoms with van der Waals surface area (Å²) in [5.41, 5.74) is 7.16. The van der Waals surface area contributed by atoms with Crippen molar-refractivity contribution in [3.8, 4) is 0 Å². The van der Waals surface area contributed by atoms with E-state index in [4.69, 9.17) is 17.3 Å². The van der Waals surface area contributed by atoms with Crippen LogP contribution in [-0.2, 0) is 16.0 Å². The molecule has 1 amide bonds. The minimum Gasteiger partial charge on any atom is -0.383 e. The molecule has 180 valence electrons. The van der Waals surface area contributed by atoms with Gasteiger partial charge in [0, 0.05) is 17.4 Å². The van der Waals surface area contributed by atoms with Crippen molar-refractivity contribution >= 4 is 23.3 Å². The third-order valence-corrected chi connectivity index (χ3v) is 5.69. The van der Waals surface area contributed by atoms with Gasteiger partial charge in [-0.15, -0.1) is 0 Å². The molecular weight excluding hydrogens is 457 g/mol. The number of ketones is 1. The van der Waals surface area contributed by atoms with Gasteiger partial charge in [0.15, 0.2) is 11.9 Å². The average Bonchev–Trinajstić information content (AvgIpc) is 2.74. The molecule has 0 aliphatic heterocycles. The summed E-state index contributed by atoms with van der Waals surface area (Å²) in [5.74, 6) is -3.26. The number of carbonyl (C=O) groups is 2. The van der Waals surface area contributed by atoms with E-state index in [1.807, 2.05) is 0 Å². The molecule has 2 aromatic rings. The van der Waals surface area contributed by atoms with Gasteiger partial charge in [0.1, 0.15) is 6.04 Å². The van der Waals surface area contributed by atoms with E-state index in [-0.39, 0.29) is 6.42 Å². The highest BCUT2D eigenvalue weighted by Crippen LogP contribution is 2.33. The van der Waals surface area contributed by atoms with Gasteiger partial charge in [0.25, 0.3) is 0 Å². The standard InChI is InChI=1S/C24H28ClF3N2O3/c1-14(2)18(22(32)24(26,27)28)13-20(31)21(16-8-4-3-5-9-16)30-23(33)19(29)12-15-7-6-10-17(25)11-15/h3-11,14,18-19,21-22,32H,12-13,29H2,1-2H3,(H,30,33)/t18-,19+,21-,22-/m0/s1. The summed E-state index contributed by atoms with van der Waals surface area (Å²) in [6, 6.07) is 12.8. The van der Waals surface area contributed by atoms with Gasteiger partial charge in [-0.25, -0.2) is 0 Å². The van der Waals surface area contributed by atoms with E-state index in [1.54, 1.807) is 54.6 Å². The van der Waals surface area contributed by atoms with E-state index >= 15 is 0 Å². The van der Waals surface area contributed by atoms with Gasteiger partial charge in [-0.1, -0.05) is 67.9 Å². The number of carbonyl (C=O) groups excluding carboxylic acids is 2. The Morgan fingerprint density at radius 3 is 2.27 bits per heavy atom. The summed E-state index contributed by atoms with van der Waals surface area (Å²) in [6.07, 6.45) is -7.93. The first-order chi connectivity index (χ1) is 15.4. The summed E-state index contributed by atoms with van der Waals surface area (Å²) < 4.78 is 39.4. The first kappa shape index (κ1) is 26.8. The lowest BCUT2D eigenvalue weighted by Gasteiger charge is -2.29. The Hall–Kier alpha value is -2.42. The maximum atomic E-state index is 13.1. The molecule has 0 unspecified atom stereocenters. The SMILES string of the molecule is CC(C)[C@H](CC(=O)[C@@H](NC(=O)[C@H](N)Cc1cccc(Cl)c1)c1ccccc1)[C@H](O)C(F)(F)F. The zero-order chi connectivity index (χ0) is 24.8. The monoisotopic (exact) mass is 484 g/mol. The first-order valence-corrected chi connectivity index (χ1v) is 10.9. The fraction of sp³-hybridized carbons (Fsp3) is 0.417. The zero-order valence-electron chi connectivity index (χ0n) is 18.4. The maximum Gasteiger partial charge on any atom is 0.414 e. The van der Waals surface area contributed by atoms with Crippen LogP contribution in [0.1, 0.15) is 37.4 Å². The molecule has 0 aliphatic carbocycles. The van der Waals surface area contributed by atoms with Crippen LogP contribution in [-0.4, -0.2) is 35.1 Å².